The normalized spacial score (nSPS) is 34.3. The van der Waals surface area contributed by atoms with Gasteiger partial charge in [-0.25, -0.2) is 4.79 Å². The molecule has 5 atom stereocenters. The third-order valence-corrected chi connectivity index (χ3v) is 7.57. The molecular formula is C18H27N5O4S. The minimum absolute atomic E-state index is 0.0709. The Hall–Kier alpha value is -1.78. The second-order valence-corrected chi connectivity index (χ2v) is 9.47. The summed E-state index contributed by atoms with van der Waals surface area (Å²) in [6.07, 6.45) is 0.189. The van der Waals surface area contributed by atoms with Gasteiger partial charge in [0.25, 0.3) is 0 Å². The Morgan fingerprint density at radius 3 is 2.79 bits per heavy atom. The number of thioether (sulfide) groups is 1. The van der Waals surface area contributed by atoms with Crippen molar-refractivity contribution in [2.45, 2.75) is 43.7 Å². The number of carbonyl (C=O) groups is 2. The van der Waals surface area contributed by atoms with Gasteiger partial charge in [0.15, 0.2) is 5.96 Å². The molecule has 4 aliphatic heterocycles. The second-order valence-electron chi connectivity index (χ2n) is 8.13. The molecule has 9 nitrogen and oxygen atoms in total. The van der Waals surface area contributed by atoms with Crippen molar-refractivity contribution < 1.29 is 19.8 Å². The summed E-state index contributed by atoms with van der Waals surface area (Å²) in [6.45, 7) is 6.95. The first kappa shape index (κ1) is 19.5. The van der Waals surface area contributed by atoms with Crippen LogP contribution in [0.2, 0.25) is 0 Å². The van der Waals surface area contributed by atoms with Crippen LogP contribution in [0.3, 0.4) is 0 Å². The van der Waals surface area contributed by atoms with E-state index in [9.17, 15) is 19.8 Å². The number of rotatable bonds is 6. The number of carbonyl (C=O) groups excluding carboxylic acids is 1. The number of aliphatic imine (C=N–C) groups is 1. The molecule has 4 aliphatic rings. The molecule has 5 N–H and O–H groups in total. The molecule has 0 radical (unpaired) electrons. The van der Waals surface area contributed by atoms with Crippen LogP contribution in [0.15, 0.2) is 15.6 Å². The highest BCUT2D eigenvalue weighted by Gasteiger charge is 2.60. The average molecular weight is 410 g/mol. The van der Waals surface area contributed by atoms with Gasteiger partial charge in [0.05, 0.1) is 18.1 Å². The van der Waals surface area contributed by atoms with Crippen molar-refractivity contribution in [3.63, 3.8) is 0 Å². The number of aliphatic carboxylic acids is 1. The largest absolute Gasteiger partial charge is 0.477 e. The van der Waals surface area contributed by atoms with Crippen molar-refractivity contribution >= 4 is 29.6 Å². The van der Waals surface area contributed by atoms with Gasteiger partial charge in [0.1, 0.15) is 5.70 Å². The number of aliphatic hydroxyl groups is 1. The Morgan fingerprint density at radius 2 is 2.18 bits per heavy atom. The maximum absolute atomic E-state index is 12.4. The highest BCUT2D eigenvalue weighted by atomic mass is 32.2. The fraction of sp³-hybridized carbons (Fsp3) is 0.722. The number of carboxylic acids is 1. The summed E-state index contributed by atoms with van der Waals surface area (Å²) in [4.78, 5) is 32.9. The number of nitrogens with two attached hydrogens (primary N) is 1. The van der Waals surface area contributed by atoms with E-state index in [1.54, 1.807) is 18.7 Å². The number of aliphatic hydroxyl groups excluding tert-OH is 1. The lowest BCUT2D eigenvalue weighted by Gasteiger charge is -2.46. The van der Waals surface area contributed by atoms with Crippen molar-refractivity contribution in [1.29, 1.82) is 0 Å². The van der Waals surface area contributed by atoms with Gasteiger partial charge in [-0.1, -0.05) is 6.92 Å². The molecular weight excluding hydrogens is 382 g/mol. The average Bonchev–Trinajstić information content (AvgIpc) is 2.82. The minimum atomic E-state index is -1.06. The van der Waals surface area contributed by atoms with Crippen LogP contribution in [0.4, 0.5) is 0 Å². The SMILES string of the molecule is C[C@@H](O)[C@H]1C(=O)N2C(C(=O)O)=C(SC3CN(CC4CCN=C(N)N4)C3)[C@H](C)[C@H]12. The quantitative estimate of drug-likeness (QED) is 0.421. The maximum Gasteiger partial charge on any atom is 0.353 e. The molecule has 4 heterocycles. The van der Waals surface area contributed by atoms with E-state index < -0.39 is 18.0 Å². The Bertz CT molecular complexity index is 748. The van der Waals surface area contributed by atoms with Gasteiger partial charge in [-0.05, 0) is 13.3 Å². The zero-order valence-corrected chi connectivity index (χ0v) is 16.9. The van der Waals surface area contributed by atoms with Gasteiger partial charge in [-0.3, -0.25) is 14.7 Å². The Labute approximate surface area is 168 Å². The van der Waals surface area contributed by atoms with Crippen molar-refractivity contribution in [2.24, 2.45) is 22.6 Å². The predicted molar refractivity (Wildman–Crippen MR) is 105 cm³/mol. The number of likely N-dealkylation sites (tertiary alicyclic amines) is 1. The first-order valence-electron chi connectivity index (χ1n) is 9.72. The number of hydrogen-bond acceptors (Lipinski definition) is 8. The Morgan fingerprint density at radius 1 is 1.46 bits per heavy atom. The summed E-state index contributed by atoms with van der Waals surface area (Å²) in [5, 5.41) is 23.1. The fourth-order valence-corrected chi connectivity index (χ4v) is 6.30. The number of hydrogen-bond donors (Lipinski definition) is 4. The number of nitrogens with one attached hydrogen (secondary N) is 1. The molecule has 0 spiro atoms. The van der Waals surface area contributed by atoms with E-state index in [4.69, 9.17) is 5.73 Å². The molecule has 0 bridgehead atoms. The van der Waals surface area contributed by atoms with Gasteiger partial charge in [-0.2, -0.15) is 0 Å². The van der Waals surface area contributed by atoms with Crippen molar-refractivity contribution in [3.05, 3.63) is 10.6 Å². The lowest BCUT2D eigenvalue weighted by Crippen LogP contribution is -2.63. The van der Waals surface area contributed by atoms with E-state index in [0.717, 1.165) is 37.5 Å². The molecule has 2 fully saturated rings. The third kappa shape index (κ3) is 3.17. The molecule has 28 heavy (non-hydrogen) atoms. The summed E-state index contributed by atoms with van der Waals surface area (Å²) in [5.74, 6) is -1.42. The molecule has 2 saturated heterocycles. The zero-order valence-electron chi connectivity index (χ0n) is 16.0. The molecule has 10 heteroatoms. The van der Waals surface area contributed by atoms with E-state index in [2.05, 4.69) is 15.2 Å². The number of nitrogens with zero attached hydrogens (tertiary/aromatic N) is 3. The van der Waals surface area contributed by atoms with Crippen LogP contribution < -0.4 is 11.1 Å². The van der Waals surface area contributed by atoms with Crippen LogP contribution in [0.25, 0.3) is 0 Å². The summed E-state index contributed by atoms with van der Waals surface area (Å²) in [5.41, 5.74) is 5.85. The van der Waals surface area contributed by atoms with Gasteiger partial charge in [0.2, 0.25) is 5.91 Å². The van der Waals surface area contributed by atoms with E-state index in [1.165, 1.54) is 4.90 Å². The van der Waals surface area contributed by atoms with Crippen molar-refractivity contribution in [2.75, 3.05) is 26.2 Å². The number of carboxylic acid groups (broad SMARTS) is 1. The van der Waals surface area contributed by atoms with Crippen LogP contribution >= 0.6 is 11.8 Å². The molecule has 4 rings (SSSR count). The molecule has 1 amide bonds. The lowest BCUT2D eigenvalue weighted by molar-refractivity contribution is -0.163. The number of amides is 1. The highest BCUT2D eigenvalue weighted by Crippen LogP contribution is 2.51. The van der Waals surface area contributed by atoms with E-state index in [0.29, 0.717) is 17.3 Å². The molecule has 154 valence electrons. The summed E-state index contributed by atoms with van der Waals surface area (Å²) >= 11 is 1.58. The van der Waals surface area contributed by atoms with Crippen LogP contribution in [-0.2, 0) is 9.59 Å². The van der Waals surface area contributed by atoms with E-state index in [-0.39, 0.29) is 23.6 Å². The van der Waals surface area contributed by atoms with Crippen molar-refractivity contribution in [3.8, 4) is 0 Å². The smallest absolute Gasteiger partial charge is 0.353 e. The lowest BCUT2D eigenvalue weighted by atomic mass is 9.79. The number of β-lactam (4-membered cyclic amide) rings is 1. The molecule has 0 aromatic carbocycles. The van der Waals surface area contributed by atoms with Gasteiger partial charge in [0, 0.05) is 48.3 Å². The van der Waals surface area contributed by atoms with Gasteiger partial charge >= 0.3 is 5.97 Å². The molecule has 0 aromatic heterocycles. The van der Waals surface area contributed by atoms with E-state index >= 15 is 0 Å². The third-order valence-electron chi connectivity index (χ3n) is 6.12. The Kier molecular flexibility index (Phi) is 5.05. The minimum Gasteiger partial charge on any atom is -0.477 e. The van der Waals surface area contributed by atoms with Gasteiger partial charge < -0.3 is 26.2 Å². The van der Waals surface area contributed by atoms with Crippen LogP contribution in [-0.4, -0.2) is 87.5 Å². The molecule has 0 saturated carbocycles. The molecule has 0 aliphatic carbocycles. The fourth-order valence-electron chi connectivity index (χ4n) is 4.72. The van der Waals surface area contributed by atoms with Crippen LogP contribution in [0, 0.1) is 11.8 Å². The first-order chi connectivity index (χ1) is 13.3. The van der Waals surface area contributed by atoms with Crippen LogP contribution in [0.1, 0.15) is 20.3 Å². The summed E-state index contributed by atoms with van der Waals surface area (Å²) < 4.78 is 0. The topological polar surface area (TPSA) is 131 Å². The van der Waals surface area contributed by atoms with E-state index in [1.807, 2.05) is 6.92 Å². The summed E-state index contributed by atoms with van der Waals surface area (Å²) in [6, 6.07) is 0.0556. The second kappa shape index (κ2) is 7.23. The Balaban J connectivity index is 1.38. The maximum atomic E-state index is 12.4. The van der Waals surface area contributed by atoms with Gasteiger partial charge in [-0.15, -0.1) is 11.8 Å². The predicted octanol–water partition coefficient (Wildman–Crippen LogP) is -0.766. The molecule has 1 unspecified atom stereocenters. The molecule has 0 aromatic rings. The standard InChI is InChI=1S/C18H27N5O4S/c1-8-13-12(9(2)24)16(25)23(13)14(17(26)27)15(8)28-11-6-22(7-11)5-10-3-4-20-18(19)21-10/h8-13,24H,3-7H2,1-2H3,(H,26,27)(H3,19,20,21)/t8-,9-,10?,12-,13-/m1/s1. The highest BCUT2D eigenvalue weighted by molar-refractivity contribution is 8.03. The number of guanidine groups is 1. The zero-order chi connectivity index (χ0) is 20.2. The first-order valence-corrected chi connectivity index (χ1v) is 10.6. The van der Waals surface area contributed by atoms with Crippen LogP contribution in [0.5, 0.6) is 0 Å². The van der Waals surface area contributed by atoms with Crippen molar-refractivity contribution in [1.82, 2.24) is 15.1 Å². The summed E-state index contributed by atoms with van der Waals surface area (Å²) in [7, 11) is 0. The number of fused-ring (bicyclic) bond motifs is 1. The monoisotopic (exact) mass is 409 g/mol.